The molecule has 0 atom stereocenters. The van der Waals surface area contributed by atoms with E-state index in [9.17, 15) is 14.9 Å². The molecule has 9 nitrogen and oxygen atoms in total. The van der Waals surface area contributed by atoms with Gasteiger partial charge in [-0.1, -0.05) is 12.1 Å². The Morgan fingerprint density at radius 2 is 2.32 bits per heavy atom. The van der Waals surface area contributed by atoms with Crippen LogP contribution in [-0.4, -0.2) is 31.0 Å². The Morgan fingerprint density at radius 3 is 2.84 bits per heavy atom. The number of hydrogen-bond donors (Lipinski definition) is 1. The fraction of sp³-hybridized carbons (Fsp3) is 0.300. The minimum absolute atomic E-state index is 0.0945. The standard InChI is InChI=1S/C10H10N4O5/c1-2-7-9(10(15)16)11-12-13(7)5-6-3-4-8(19-6)14(17)18/h3-4H,2,5H2,1H3,(H,15,16). The third-order valence-corrected chi connectivity index (χ3v) is 2.51. The van der Waals surface area contributed by atoms with E-state index in [2.05, 4.69) is 10.3 Å². The molecule has 0 aromatic carbocycles. The second-order valence-electron chi connectivity index (χ2n) is 3.70. The number of aromatic carboxylic acids is 1. The fourth-order valence-electron chi connectivity index (χ4n) is 1.67. The predicted molar refractivity (Wildman–Crippen MR) is 60.8 cm³/mol. The molecule has 2 heterocycles. The van der Waals surface area contributed by atoms with Crippen molar-refractivity contribution in [3.05, 3.63) is 39.4 Å². The van der Waals surface area contributed by atoms with Gasteiger partial charge in [-0.3, -0.25) is 10.1 Å². The van der Waals surface area contributed by atoms with Crippen LogP contribution in [0.2, 0.25) is 0 Å². The summed E-state index contributed by atoms with van der Waals surface area (Å²) in [6, 6.07) is 2.68. The summed E-state index contributed by atoms with van der Waals surface area (Å²) in [6.07, 6.45) is 0.428. The van der Waals surface area contributed by atoms with Gasteiger partial charge in [0.15, 0.2) is 5.69 Å². The average molecular weight is 266 g/mol. The number of carboxylic acid groups (broad SMARTS) is 1. The van der Waals surface area contributed by atoms with E-state index in [0.29, 0.717) is 17.9 Å². The Balaban J connectivity index is 2.27. The molecule has 100 valence electrons. The number of nitro groups is 1. The van der Waals surface area contributed by atoms with Crippen molar-refractivity contribution >= 4 is 11.9 Å². The molecule has 0 radical (unpaired) electrons. The quantitative estimate of drug-likeness (QED) is 0.634. The zero-order chi connectivity index (χ0) is 14.0. The lowest BCUT2D eigenvalue weighted by Crippen LogP contribution is -2.08. The molecule has 0 saturated carbocycles. The summed E-state index contributed by atoms with van der Waals surface area (Å²) in [4.78, 5) is 20.7. The van der Waals surface area contributed by atoms with Crippen LogP contribution in [0.4, 0.5) is 5.88 Å². The van der Waals surface area contributed by atoms with Gasteiger partial charge >= 0.3 is 11.9 Å². The highest BCUT2D eigenvalue weighted by atomic mass is 16.6. The molecule has 0 amide bonds. The molecule has 0 unspecified atom stereocenters. The maximum absolute atomic E-state index is 10.9. The normalized spacial score (nSPS) is 10.6. The summed E-state index contributed by atoms with van der Waals surface area (Å²) >= 11 is 0. The van der Waals surface area contributed by atoms with Gasteiger partial charge in [0.05, 0.1) is 11.8 Å². The van der Waals surface area contributed by atoms with Crippen molar-refractivity contribution in [1.29, 1.82) is 0 Å². The molecule has 2 rings (SSSR count). The molecule has 9 heteroatoms. The summed E-state index contributed by atoms with van der Waals surface area (Å²) in [7, 11) is 0. The zero-order valence-corrected chi connectivity index (χ0v) is 9.94. The molecule has 0 fully saturated rings. The van der Waals surface area contributed by atoms with E-state index >= 15 is 0 Å². The molecule has 0 bridgehead atoms. The molecule has 2 aromatic heterocycles. The second-order valence-corrected chi connectivity index (χ2v) is 3.70. The molecule has 0 saturated heterocycles. The third-order valence-electron chi connectivity index (χ3n) is 2.51. The van der Waals surface area contributed by atoms with Crippen LogP contribution >= 0.6 is 0 Å². The van der Waals surface area contributed by atoms with Gasteiger partial charge in [0, 0.05) is 0 Å². The lowest BCUT2D eigenvalue weighted by atomic mass is 10.2. The van der Waals surface area contributed by atoms with Crippen molar-refractivity contribution in [1.82, 2.24) is 15.0 Å². The molecular weight excluding hydrogens is 256 g/mol. The number of hydrogen-bond acceptors (Lipinski definition) is 6. The monoisotopic (exact) mass is 266 g/mol. The first kappa shape index (κ1) is 12.7. The van der Waals surface area contributed by atoms with E-state index in [1.807, 2.05) is 0 Å². The first-order valence-electron chi connectivity index (χ1n) is 5.41. The highest BCUT2D eigenvalue weighted by Crippen LogP contribution is 2.17. The number of rotatable bonds is 5. The third kappa shape index (κ3) is 2.44. The van der Waals surface area contributed by atoms with Gasteiger partial charge in [-0.2, -0.15) is 0 Å². The Bertz CT molecular complexity index is 630. The summed E-state index contributed by atoms with van der Waals surface area (Å²) in [5.74, 6) is -1.22. The summed E-state index contributed by atoms with van der Waals surface area (Å²) in [5, 5.41) is 26.7. The molecule has 1 N–H and O–H groups in total. The van der Waals surface area contributed by atoms with Gasteiger partial charge in [0.1, 0.15) is 17.2 Å². The van der Waals surface area contributed by atoms with Crippen molar-refractivity contribution in [2.75, 3.05) is 0 Å². The van der Waals surface area contributed by atoms with Crippen molar-refractivity contribution in [2.24, 2.45) is 0 Å². The van der Waals surface area contributed by atoms with Crippen molar-refractivity contribution in [3.63, 3.8) is 0 Å². The van der Waals surface area contributed by atoms with Crippen LogP contribution in [0.15, 0.2) is 16.5 Å². The van der Waals surface area contributed by atoms with Crippen LogP contribution in [0.25, 0.3) is 0 Å². The predicted octanol–water partition coefficient (Wildman–Crippen LogP) is 1.09. The molecule has 0 aliphatic carbocycles. The fourth-order valence-corrected chi connectivity index (χ4v) is 1.67. The number of carboxylic acids is 1. The van der Waals surface area contributed by atoms with E-state index in [-0.39, 0.29) is 18.1 Å². The number of nitrogens with zero attached hydrogens (tertiary/aromatic N) is 4. The molecule has 19 heavy (non-hydrogen) atoms. The van der Waals surface area contributed by atoms with E-state index in [1.165, 1.54) is 16.8 Å². The van der Waals surface area contributed by atoms with Gasteiger partial charge in [0.2, 0.25) is 0 Å². The van der Waals surface area contributed by atoms with Crippen molar-refractivity contribution < 1.29 is 19.2 Å². The van der Waals surface area contributed by atoms with Gasteiger partial charge in [-0.05, 0) is 12.5 Å². The van der Waals surface area contributed by atoms with E-state index < -0.39 is 10.9 Å². The van der Waals surface area contributed by atoms with E-state index in [1.54, 1.807) is 6.92 Å². The second kappa shape index (κ2) is 4.88. The summed E-state index contributed by atoms with van der Waals surface area (Å²) < 4.78 is 6.34. The topological polar surface area (TPSA) is 124 Å². The largest absolute Gasteiger partial charge is 0.476 e. The Kier molecular flexibility index (Phi) is 3.27. The Labute approximate surface area is 106 Å². The lowest BCUT2D eigenvalue weighted by molar-refractivity contribution is -0.402. The molecular formula is C10H10N4O5. The first-order valence-corrected chi connectivity index (χ1v) is 5.41. The Morgan fingerprint density at radius 1 is 1.58 bits per heavy atom. The SMILES string of the molecule is CCc1c(C(=O)O)nnn1Cc1ccc([N+](=O)[O-])o1. The van der Waals surface area contributed by atoms with Crippen LogP contribution in [0.1, 0.15) is 28.9 Å². The van der Waals surface area contributed by atoms with Crippen LogP contribution in [0.3, 0.4) is 0 Å². The van der Waals surface area contributed by atoms with Gasteiger partial charge in [-0.15, -0.1) is 5.10 Å². The van der Waals surface area contributed by atoms with Gasteiger partial charge < -0.3 is 9.52 Å². The molecule has 0 aliphatic heterocycles. The number of aromatic nitrogens is 3. The average Bonchev–Trinajstić information content (AvgIpc) is 2.95. The molecule has 0 spiro atoms. The maximum atomic E-state index is 10.9. The highest BCUT2D eigenvalue weighted by molar-refractivity contribution is 5.86. The van der Waals surface area contributed by atoms with Crippen LogP contribution in [0.5, 0.6) is 0 Å². The minimum atomic E-state index is -1.16. The summed E-state index contributed by atoms with van der Waals surface area (Å²) in [5.41, 5.74) is 0.315. The lowest BCUT2D eigenvalue weighted by Gasteiger charge is -2.02. The Hall–Kier alpha value is -2.71. The summed E-state index contributed by atoms with van der Waals surface area (Å²) in [6.45, 7) is 1.86. The van der Waals surface area contributed by atoms with E-state index in [4.69, 9.17) is 9.52 Å². The zero-order valence-electron chi connectivity index (χ0n) is 9.94. The maximum Gasteiger partial charge on any atom is 0.433 e. The van der Waals surface area contributed by atoms with Crippen LogP contribution < -0.4 is 0 Å². The molecule has 2 aromatic rings. The molecule has 0 aliphatic rings. The van der Waals surface area contributed by atoms with Crippen LogP contribution in [-0.2, 0) is 13.0 Å². The number of carbonyl (C=O) groups is 1. The van der Waals surface area contributed by atoms with E-state index in [0.717, 1.165) is 0 Å². The highest BCUT2D eigenvalue weighted by Gasteiger charge is 2.19. The van der Waals surface area contributed by atoms with Crippen molar-refractivity contribution in [2.45, 2.75) is 19.9 Å². The van der Waals surface area contributed by atoms with Gasteiger partial charge in [-0.25, -0.2) is 9.48 Å². The van der Waals surface area contributed by atoms with Gasteiger partial charge in [0.25, 0.3) is 0 Å². The minimum Gasteiger partial charge on any atom is -0.476 e. The van der Waals surface area contributed by atoms with Crippen molar-refractivity contribution in [3.8, 4) is 0 Å². The number of furan rings is 1. The first-order chi connectivity index (χ1) is 9.02. The van der Waals surface area contributed by atoms with Crippen LogP contribution in [0, 0.1) is 10.1 Å². The smallest absolute Gasteiger partial charge is 0.433 e.